The van der Waals surface area contributed by atoms with Crippen LogP contribution in [0.3, 0.4) is 0 Å². The lowest BCUT2D eigenvalue weighted by molar-refractivity contribution is 0.0992. The van der Waals surface area contributed by atoms with Gasteiger partial charge in [0.2, 0.25) is 0 Å². The van der Waals surface area contributed by atoms with Crippen molar-refractivity contribution < 1.29 is 4.79 Å². The first-order valence-electron chi connectivity index (χ1n) is 6.20. The van der Waals surface area contributed by atoms with Crippen LogP contribution in [0.4, 0.5) is 11.4 Å². The molecule has 0 bridgehead atoms. The third-order valence-corrected chi connectivity index (χ3v) is 4.40. The molecule has 19 heavy (non-hydrogen) atoms. The monoisotopic (exact) mass is 273 g/mol. The first-order valence-corrected chi connectivity index (χ1v) is 7.02. The van der Waals surface area contributed by atoms with Gasteiger partial charge in [-0.25, -0.2) is 4.98 Å². The van der Waals surface area contributed by atoms with E-state index in [-0.39, 0.29) is 5.91 Å². The second-order valence-corrected chi connectivity index (χ2v) is 5.95. The Morgan fingerprint density at radius 3 is 2.89 bits per heavy atom. The van der Waals surface area contributed by atoms with E-state index in [1.807, 2.05) is 36.9 Å². The van der Waals surface area contributed by atoms with Crippen molar-refractivity contribution in [1.82, 2.24) is 4.98 Å². The molecule has 2 aromatic rings. The molecule has 4 nitrogen and oxygen atoms in total. The van der Waals surface area contributed by atoms with E-state index >= 15 is 0 Å². The highest BCUT2D eigenvalue weighted by Crippen LogP contribution is 2.32. The summed E-state index contributed by atoms with van der Waals surface area (Å²) in [6.07, 6.45) is 0.864. The van der Waals surface area contributed by atoms with Crippen molar-refractivity contribution in [3.05, 3.63) is 39.3 Å². The number of nitrogens with two attached hydrogens (primary N) is 1. The molecular weight excluding hydrogens is 258 g/mol. The van der Waals surface area contributed by atoms with Crippen LogP contribution in [0.15, 0.2) is 18.2 Å². The van der Waals surface area contributed by atoms with Crippen molar-refractivity contribution >= 4 is 28.6 Å². The number of rotatable bonds is 1. The number of hydrogen-bond acceptors (Lipinski definition) is 4. The summed E-state index contributed by atoms with van der Waals surface area (Å²) < 4.78 is 0. The number of benzene rings is 1. The minimum atomic E-state index is 0.0478. The largest absolute Gasteiger partial charge is 0.399 e. The van der Waals surface area contributed by atoms with Gasteiger partial charge < -0.3 is 10.6 Å². The van der Waals surface area contributed by atoms with Crippen LogP contribution in [-0.2, 0) is 6.42 Å². The maximum Gasteiger partial charge on any atom is 0.270 e. The highest BCUT2D eigenvalue weighted by Gasteiger charge is 2.27. The lowest BCUT2D eigenvalue weighted by Gasteiger charge is -2.16. The van der Waals surface area contributed by atoms with E-state index in [2.05, 4.69) is 4.98 Å². The van der Waals surface area contributed by atoms with Crippen LogP contribution < -0.4 is 10.6 Å². The second-order valence-electron chi connectivity index (χ2n) is 4.74. The molecule has 1 aliphatic rings. The van der Waals surface area contributed by atoms with Crippen molar-refractivity contribution in [2.24, 2.45) is 0 Å². The number of nitrogens with zero attached hydrogens (tertiary/aromatic N) is 2. The fourth-order valence-electron chi connectivity index (χ4n) is 2.48. The summed E-state index contributed by atoms with van der Waals surface area (Å²) in [7, 11) is 0. The average Bonchev–Trinajstić information content (AvgIpc) is 2.91. The molecule has 0 radical (unpaired) electrons. The zero-order valence-corrected chi connectivity index (χ0v) is 11.8. The van der Waals surface area contributed by atoms with Gasteiger partial charge in [-0.1, -0.05) is 0 Å². The normalized spacial score (nSPS) is 13.7. The number of anilines is 2. The molecule has 0 fully saturated rings. The molecule has 0 unspecified atom stereocenters. The van der Waals surface area contributed by atoms with Crippen LogP contribution in [0.2, 0.25) is 0 Å². The molecule has 3 rings (SSSR count). The number of aromatic nitrogens is 1. The minimum Gasteiger partial charge on any atom is -0.399 e. The number of fused-ring (bicyclic) bond motifs is 1. The fourth-order valence-corrected chi connectivity index (χ4v) is 3.35. The van der Waals surface area contributed by atoms with Crippen molar-refractivity contribution in [3.8, 4) is 0 Å². The molecule has 2 heterocycles. The summed E-state index contributed by atoms with van der Waals surface area (Å²) in [4.78, 5) is 19.5. The maximum atomic E-state index is 12.6. The number of aryl methyl sites for hydroxylation is 2. The first kappa shape index (κ1) is 12.2. The maximum absolute atomic E-state index is 12.6. The molecule has 5 heteroatoms. The molecule has 0 atom stereocenters. The molecule has 1 aliphatic heterocycles. The summed E-state index contributed by atoms with van der Waals surface area (Å²) in [5.41, 5.74) is 9.47. The molecule has 0 aliphatic carbocycles. The number of thiazole rings is 1. The lowest BCUT2D eigenvalue weighted by atomic mass is 10.1. The van der Waals surface area contributed by atoms with Crippen LogP contribution in [0.25, 0.3) is 0 Å². The molecule has 0 spiro atoms. The summed E-state index contributed by atoms with van der Waals surface area (Å²) in [5, 5.41) is 0.928. The van der Waals surface area contributed by atoms with Gasteiger partial charge in [0.05, 0.1) is 10.7 Å². The van der Waals surface area contributed by atoms with Crippen LogP contribution in [-0.4, -0.2) is 17.4 Å². The van der Waals surface area contributed by atoms with Gasteiger partial charge in [0.15, 0.2) is 0 Å². The minimum absolute atomic E-state index is 0.0478. The van der Waals surface area contributed by atoms with Crippen LogP contribution in [0.1, 0.15) is 25.9 Å². The molecule has 98 valence electrons. The molecule has 1 aromatic carbocycles. The lowest BCUT2D eigenvalue weighted by Crippen LogP contribution is -2.28. The molecule has 1 aromatic heterocycles. The molecule has 0 saturated carbocycles. The Bertz CT molecular complexity index is 663. The third-order valence-electron chi connectivity index (χ3n) is 3.34. The van der Waals surface area contributed by atoms with E-state index in [4.69, 9.17) is 5.73 Å². The van der Waals surface area contributed by atoms with Gasteiger partial charge in [0.1, 0.15) is 4.88 Å². The number of carbonyl (C=O) groups excluding carboxylic acids is 1. The number of nitrogen functional groups attached to an aromatic ring is 1. The standard InChI is InChI=1S/C14H15N3OS/c1-8-13(19-9(2)16-8)14(18)17-6-5-10-7-11(15)3-4-12(10)17/h3-4,7H,5-6,15H2,1-2H3. The van der Waals surface area contributed by atoms with Crippen molar-refractivity contribution in [1.29, 1.82) is 0 Å². The van der Waals surface area contributed by atoms with E-state index in [1.54, 1.807) is 0 Å². The number of hydrogen-bond donors (Lipinski definition) is 1. The molecule has 0 saturated heterocycles. The Hall–Kier alpha value is -1.88. The Balaban J connectivity index is 1.98. The Labute approximate surface area is 115 Å². The Morgan fingerprint density at radius 1 is 1.42 bits per heavy atom. The Morgan fingerprint density at radius 2 is 2.21 bits per heavy atom. The topological polar surface area (TPSA) is 59.2 Å². The highest BCUT2D eigenvalue weighted by molar-refractivity contribution is 7.13. The zero-order chi connectivity index (χ0) is 13.6. The van der Waals surface area contributed by atoms with Gasteiger partial charge in [-0.3, -0.25) is 4.79 Å². The number of amides is 1. The van der Waals surface area contributed by atoms with E-state index in [0.29, 0.717) is 6.54 Å². The van der Waals surface area contributed by atoms with Crippen LogP contribution in [0, 0.1) is 13.8 Å². The van der Waals surface area contributed by atoms with Gasteiger partial charge in [-0.2, -0.15) is 0 Å². The molecule has 2 N–H and O–H groups in total. The third kappa shape index (κ3) is 2.00. The van der Waals surface area contributed by atoms with Crippen LogP contribution >= 0.6 is 11.3 Å². The zero-order valence-electron chi connectivity index (χ0n) is 10.9. The first-order chi connectivity index (χ1) is 9.06. The van der Waals surface area contributed by atoms with E-state index < -0.39 is 0 Å². The average molecular weight is 273 g/mol. The van der Waals surface area contributed by atoms with Gasteiger partial charge in [-0.05, 0) is 44.0 Å². The van der Waals surface area contributed by atoms with Crippen molar-refractivity contribution in [2.45, 2.75) is 20.3 Å². The van der Waals surface area contributed by atoms with Gasteiger partial charge in [0, 0.05) is 17.9 Å². The number of carbonyl (C=O) groups is 1. The summed E-state index contributed by atoms with van der Waals surface area (Å²) in [6, 6.07) is 5.72. The van der Waals surface area contributed by atoms with E-state index in [9.17, 15) is 4.79 Å². The van der Waals surface area contributed by atoms with E-state index in [0.717, 1.165) is 38.9 Å². The SMILES string of the molecule is Cc1nc(C)c(C(=O)N2CCc3cc(N)ccc32)s1. The quantitative estimate of drug-likeness (QED) is 0.812. The van der Waals surface area contributed by atoms with E-state index in [1.165, 1.54) is 11.3 Å². The van der Waals surface area contributed by atoms with Crippen molar-refractivity contribution in [3.63, 3.8) is 0 Å². The summed E-state index contributed by atoms with van der Waals surface area (Å²) in [6.45, 7) is 4.53. The van der Waals surface area contributed by atoms with Crippen molar-refractivity contribution in [2.75, 3.05) is 17.2 Å². The summed E-state index contributed by atoms with van der Waals surface area (Å²) in [5.74, 6) is 0.0478. The second kappa shape index (κ2) is 4.35. The van der Waals surface area contributed by atoms with Crippen LogP contribution in [0.5, 0.6) is 0 Å². The predicted octanol–water partition coefficient (Wildman–Crippen LogP) is 2.55. The smallest absolute Gasteiger partial charge is 0.270 e. The predicted molar refractivity (Wildman–Crippen MR) is 77.8 cm³/mol. The van der Waals surface area contributed by atoms with Gasteiger partial charge in [-0.15, -0.1) is 11.3 Å². The Kier molecular flexibility index (Phi) is 2.78. The van der Waals surface area contributed by atoms with Gasteiger partial charge >= 0.3 is 0 Å². The van der Waals surface area contributed by atoms with Gasteiger partial charge in [0.25, 0.3) is 5.91 Å². The highest BCUT2D eigenvalue weighted by atomic mass is 32.1. The summed E-state index contributed by atoms with van der Waals surface area (Å²) >= 11 is 1.46. The fraction of sp³-hybridized carbons (Fsp3) is 0.286. The molecule has 1 amide bonds. The molecular formula is C14H15N3OS.